The lowest BCUT2D eigenvalue weighted by Crippen LogP contribution is -2.21. The highest BCUT2D eigenvalue weighted by molar-refractivity contribution is 9.10. The Morgan fingerprint density at radius 3 is 2.68 bits per heavy atom. The topological polar surface area (TPSA) is 44.1 Å². The number of hydrogen-bond donors (Lipinski definition) is 0. The lowest BCUT2D eigenvalue weighted by Gasteiger charge is -2.07. The highest BCUT2D eigenvalue weighted by Gasteiger charge is 2.05. The van der Waals surface area contributed by atoms with Gasteiger partial charge in [-0.3, -0.25) is 9.36 Å². The molecule has 0 N–H and O–H groups in total. The molecular formula is C17H15BrN2O2. The molecule has 3 rings (SSSR count). The van der Waals surface area contributed by atoms with Crippen molar-refractivity contribution in [2.75, 3.05) is 7.11 Å². The number of hydrogen-bond acceptors (Lipinski definition) is 3. The Labute approximate surface area is 136 Å². The Bertz CT molecular complexity index is 857. The Balaban J connectivity index is 1.84. The first kappa shape index (κ1) is 14.8. The number of aryl methyl sites for hydroxylation is 2. The van der Waals surface area contributed by atoms with E-state index >= 15 is 0 Å². The third-order valence-electron chi connectivity index (χ3n) is 3.59. The molecule has 0 saturated carbocycles. The van der Waals surface area contributed by atoms with E-state index in [1.165, 1.54) is 0 Å². The van der Waals surface area contributed by atoms with Crippen molar-refractivity contribution in [1.29, 1.82) is 0 Å². The molecular weight excluding hydrogens is 344 g/mol. The van der Waals surface area contributed by atoms with Gasteiger partial charge in [0, 0.05) is 11.0 Å². The fourth-order valence-corrected chi connectivity index (χ4v) is 2.69. The average Bonchev–Trinajstić information content (AvgIpc) is 2.55. The summed E-state index contributed by atoms with van der Waals surface area (Å²) in [5.41, 5.74) is 1.86. The van der Waals surface area contributed by atoms with Gasteiger partial charge in [0.15, 0.2) is 0 Å². The first-order chi connectivity index (χ1) is 10.7. The van der Waals surface area contributed by atoms with E-state index in [4.69, 9.17) is 4.74 Å². The van der Waals surface area contributed by atoms with Gasteiger partial charge in [-0.25, -0.2) is 4.98 Å². The lowest BCUT2D eigenvalue weighted by molar-refractivity contribution is 0.414. The average molecular weight is 359 g/mol. The van der Waals surface area contributed by atoms with Crippen molar-refractivity contribution in [2.45, 2.75) is 13.0 Å². The summed E-state index contributed by atoms with van der Waals surface area (Å²) in [4.78, 5) is 16.8. The summed E-state index contributed by atoms with van der Waals surface area (Å²) in [6.45, 7) is 0.598. The molecule has 0 aliphatic rings. The molecule has 0 aliphatic heterocycles. The van der Waals surface area contributed by atoms with Gasteiger partial charge in [-0.05, 0) is 42.3 Å². The molecule has 1 aromatic heterocycles. The molecule has 3 aromatic rings. The molecule has 5 heteroatoms. The van der Waals surface area contributed by atoms with Gasteiger partial charge in [-0.1, -0.05) is 28.1 Å². The number of benzene rings is 2. The second-order valence-corrected chi connectivity index (χ2v) is 5.92. The largest absolute Gasteiger partial charge is 0.497 e. The van der Waals surface area contributed by atoms with Crippen molar-refractivity contribution >= 4 is 26.8 Å². The van der Waals surface area contributed by atoms with Crippen LogP contribution in [0.5, 0.6) is 5.75 Å². The van der Waals surface area contributed by atoms with Crippen LogP contribution in [0.2, 0.25) is 0 Å². The van der Waals surface area contributed by atoms with Crippen molar-refractivity contribution in [2.24, 2.45) is 0 Å². The Hall–Kier alpha value is -2.14. The molecule has 1 heterocycles. The molecule has 0 aliphatic carbocycles. The maximum atomic E-state index is 12.5. The summed E-state index contributed by atoms with van der Waals surface area (Å²) in [5.74, 6) is 0.832. The zero-order valence-electron chi connectivity index (χ0n) is 12.1. The molecule has 0 atom stereocenters. The number of aromatic nitrogens is 2. The quantitative estimate of drug-likeness (QED) is 0.717. The minimum Gasteiger partial charge on any atom is -0.497 e. The van der Waals surface area contributed by atoms with Crippen molar-refractivity contribution in [1.82, 2.24) is 9.55 Å². The van der Waals surface area contributed by atoms with Crippen molar-refractivity contribution in [3.05, 3.63) is 69.2 Å². The third kappa shape index (κ3) is 3.04. The fraction of sp³-hybridized carbons (Fsp3) is 0.176. The number of fused-ring (bicyclic) bond motifs is 1. The van der Waals surface area contributed by atoms with Gasteiger partial charge in [0.2, 0.25) is 0 Å². The van der Waals surface area contributed by atoms with E-state index in [-0.39, 0.29) is 5.56 Å². The molecule has 22 heavy (non-hydrogen) atoms. The lowest BCUT2D eigenvalue weighted by atomic mass is 10.1. The number of rotatable bonds is 4. The molecule has 0 spiro atoms. The summed E-state index contributed by atoms with van der Waals surface area (Å²) in [6.07, 6.45) is 2.38. The van der Waals surface area contributed by atoms with E-state index in [0.717, 1.165) is 22.2 Å². The fourth-order valence-electron chi connectivity index (χ4n) is 2.33. The van der Waals surface area contributed by atoms with Crippen molar-refractivity contribution in [3.63, 3.8) is 0 Å². The van der Waals surface area contributed by atoms with Crippen LogP contribution in [-0.2, 0) is 13.0 Å². The summed E-state index contributed by atoms with van der Waals surface area (Å²) in [5, 5.41) is 0.631. The van der Waals surface area contributed by atoms with Gasteiger partial charge in [0.1, 0.15) is 5.75 Å². The van der Waals surface area contributed by atoms with Crippen LogP contribution < -0.4 is 10.3 Å². The van der Waals surface area contributed by atoms with E-state index in [1.54, 1.807) is 18.0 Å². The Morgan fingerprint density at radius 1 is 1.18 bits per heavy atom. The number of methoxy groups -OCH3 is 1. The molecule has 0 amide bonds. The van der Waals surface area contributed by atoms with Crippen LogP contribution in [0.25, 0.3) is 10.9 Å². The van der Waals surface area contributed by atoms with Crippen LogP contribution in [0.4, 0.5) is 0 Å². The summed E-state index contributed by atoms with van der Waals surface area (Å²) < 4.78 is 7.67. The molecule has 0 saturated heterocycles. The van der Waals surface area contributed by atoms with Gasteiger partial charge < -0.3 is 4.74 Å². The summed E-state index contributed by atoms with van der Waals surface area (Å²) in [7, 11) is 1.65. The van der Waals surface area contributed by atoms with Crippen LogP contribution in [-0.4, -0.2) is 16.7 Å². The molecule has 0 unspecified atom stereocenters. The van der Waals surface area contributed by atoms with Gasteiger partial charge in [0.05, 0.1) is 24.3 Å². The predicted octanol–water partition coefficient (Wildman–Crippen LogP) is 3.41. The van der Waals surface area contributed by atoms with E-state index in [0.29, 0.717) is 17.4 Å². The summed E-state index contributed by atoms with van der Waals surface area (Å²) >= 11 is 3.39. The Kier molecular flexibility index (Phi) is 4.24. The standard InChI is InChI=1S/C17H15BrN2O2/c1-22-14-5-2-12(3-6-14)8-9-20-11-19-16-7-4-13(18)10-15(16)17(20)21/h2-7,10-11H,8-9H2,1H3. The maximum absolute atomic E-state index is 12.5. The van der Waals surface area contributed by atoms with E-state index in [2.05, 4.69) is 20.9 Å². The molecule has 0 bridgehead atoms. The van der Waals surface area contributed by atoms with Crippen LogP contribution >= 0.6 is 15.9 Å². The highest BCUT2D eigenvalue weighted by atomic mass is 79.9. The van der Waals surface area contributed by atoms with Gasteiger partial charge in [-0.2, -0.15) is 0 Å². The number of halogens is 1. The number of nitrogens with zero attached hydrogens (tertiary/aromatic N) is 2. The Morgan fingerprint density at radius 2 is 1.95 bits per heavy atom. The molecule has 2 aromatic carbocycles. The smallest absolute Gasteiger partial charge is 0.261 e. The molecule has 112 valence electrons. The normalized spacial score (nSPS) is 10.8. The maximum Gasteiger partial charge on any atom is 0.261 e. The highest BCUT2D eigenvalue weighted by Crippen LogP contribution is 2.15. The molecule has 4 nitrogen and oxygen atoms in total. The molecule has 0 fully saturated rings. The zero-order chi connectivity index (χ0) is 15.5. The van der Waals surface area contributed by atoms with E-state index < -0.39 is 0 Å². The monoisotopic (exact) mass is 358 g/mol. The second kappa shape index (κ2) is 6.32. The number of ether oxygens (including phenoxy) is 1. The summed E-state index contributed by atoms with van der Waals surface area (Å²) in [6, 6.07) is 13.4. The SMILES string of the molecule is COc1ccc(CCn2cnc3ccc(Br)cc3c2=O)cc1. The van der Waals surface area contributed by atoms with Crippen LogP contribution in [0.15, 0.2) is 58.1 Å². The first-order valence-electron chi connectivity index (χ1n) is 6.95. The van der Waals surface area contributed by atoms with Crippen molar-refractivity contribution < 1.29 is 4.74 Å². The second-order valence-electron chi connectivity index (χ2n) is 5.00. The van der Waals surface area contributed by atoms with Crippen molar-refractivity contribution in [3.8, 4) is 5.75 Å². The predicted molar refractivity (Wildman–Crippen MR) is 90.4 cm³/mol. The molecule has 0 radical (unpaired) electrons. The first-order valence-corrected chi connectivity index (χ1v) is 7.74. The van der Waals surface area contributed by atoms with Crippen LogP contribution in [0, 0.1) is 0 Å². The van der Waals surface area contributed by atoms with E-state index in [1.807, 2.05) is 42.5 Å². The van der Waals surface area contributed by atoms with Crippen LogP contribution in [0.1, 0.15) is 5.56 Å². The van der Waals surface area contributed by atoms with Crippen LogP contribution in [0.3, 0.4) is 0 Å². The van der Waals surface area contributed by atoms with Gasteiger partial charge in [-0.15, -0.1) is 0 Å². The van der Waals surface area contributed by atoms with Gasteiger partial charge >= 0.3 is 0 Å². The van der Waals surface area contributed by atoms with E-state index in [9.17, 15) is 4.79 Å². The minimum atomic E-state index is -0.0141. The van der Waals surface area contributed by atoms with Gasteiger partial charge in [0.25, 0.3) is 5.56 Å². The third-order valence-corrected chi connectivity index (χ3v) is 4.08. The minimum absolute atomic E-state index is 0.0141. The zero-order valence-corrected chi connectivity index (χ0v) is 13.7.